The lowest BCUT2D eigenvalue weighted by molar-refractivity contribution is -0.154. The number of halogens is 3. The highest BCUT2D eigenvalue weighted by Gasteiger charge is 2.35. The van der Waals surface area contributed by atoms with Gasteiger partial charge in [-0.05, 0) is 82.9 Å². The maximum absolute atomic E-state index is 12.9. The van der Waals surface area contributed by atoms with Gasteiger partial charge in [0.2, 0.25) is 0 Å². The van der Waals surface area contributed by atoms with Gasteiger partial charge >= 0.3 is 18.2 Å². The van der Waals surface area contributed by atoms with Crippen molar-refractivity contribution in [3.8, 4) is 0 Å². The van der Waals surface area contributed by atoms with Gasteiger partial charge in [-0.15, -0.1) is 0 Å². The Balaban J connectivity index is 2.18. The Morgan fingerprint density at radius 3 is 2.35 bits per heavy atom. The van der Waals surface area contributed by atoms with Gasteiger partial charge in [-0.2, -0.15) is 13.2 Å². The van der Waals surface area contributed by atoms with Crippen molar-refractivity contribution >= 4 is 12.1 Å². The number of carbonyl (C=O) groups excluding carboxylic acids is 2. The topological polar surface area (TPSA) is 64.6 Å². The van der Waals surface area contributed by atoms with Gasteiger partial charge in [-0.1, -0.05) is 38.3 Å². The lowest BCUT2D eigenvalue weighted by atomic mass is 9.78. The number of cyclic esters (lactones) is 1. The molecule has 1 N–H and O–H groups in total. The lowest BCUT2D eigenvalue weighted by Crippen LogP contribution is -2.45. The van der Waals surface area contributed by atoms with E-state index < -0.39 is 35.4 Å². The molecule has 34 heavy (non-hydrogen) atoms. The maximum atomic E-state index is 12.9. The van der Waals surface area contributed by atoms with E-state index in [2.05, 4.69) is 12.2 Å². The highest BCUT2D eigenvalue weighted by molar-refractivity contribution is 5.81. The van der Waals surface area contributed by atoms with E-state index in [1.54, 1.807) is 20.8 Å². The van der Waals surface area contributed by atoms with Gasteiger partial charge < -0.3 is 14.8 Å². The molecular formula is C26H38F3NO4. The Morgan fingerprint density at radius 1 is 1.15 bits per heavy atom. The molecule has 0 aliphatic carbocycles. The average Bonchev–Trinajstić information content (AvgIpc) is 2.75. The first-order valence-electron chi connectivity index (χ1n) is 12.2. The summed E-state index contributed by atoms with van der Waals surface area (Å²) in [4.78, 5) is 25.1. The van der Waals surface area contributed by atoms with Crippen LogP contribution in [0, 0.1) is 11.8 Å². The zero-order chi connectivity index (χ0) is 25.5. The Hall–Kier alpha value is -2.25. The second-order valence-electron chi connectivity index (χ2n) is 10.2. The van der Waals surface area contributed by atoms with Crippen molar-refractivity contribution in [2.24, 2.45) is 11.8 Å². The highest BCUT2D eigenvalue weighted by Crippen LogP contribution is 2.34. The van der Waals surface area contributed by atoms with E-state index in [0.717, 1.165) is 43.4 Å². The summed E-state index contributed by atoms with van der Waals surface area (Å²) in [7, 11) is 0. The van der Waals surface area contributed by atoms with Gasteiger partial charge in [0.25, 0.3) is 0 Å². The first-order valence-corrected chi connectivity index (χ1v) is 12.2. The molecule has 0 radical (unpaired) electrons. The third-order valence-electron chi connectivity index (χ3n) is 6.22. The van der Waals surface area contributed by atoms with E-state index in [9.17, 15) is 22.8 Å². The van der Waals surface area contributed by atoms with Crippen LogP contribution in [0.2, 0.25) is 0 Å². The smallest absolute Gasteiger partial charge is 0.416 e. The molecule has 1 aromatic carbocycles. The molecule has 1 aliphatic heterocycles. The van der Waals surface area contributed by atoms with Gasteiger partial charge in [-0.3, -0.25) is 0 Å². The van der Waals surface area contributed by atoms with Gasteiger partial charge in [-0.25, -0.2) is 9.59 Å². The van der Waals surface area contributed by atoms with Crippen LogP contribution >= 0.6 is 0 Å². The lowest BCUT2D eigenvalue weighted by Gasteiger charge is -2.31. The molecule has 8 heteroatoms. The predicted octanol–water partition coefficient (Wildman–Crippen LogP) is 6.68. The summed E-state index contributed by atoms with van der Waals surface area (Å²) in [6, 6.07) is 4.52. The molecule has 1 aromatic rings. The van der Waals surface area contributed by atoms with E-state index in [0.29, 0.717) is 19.3 Å². The third kappa shape index (κ3) is 8.84. The van der Waals surface area contributed by atoms with Crippen molar-refractivity contribution in [3.05, 3.63) is 35.4 Å². The quantitative estimate of drug-likeness (QED) is 0.457. The summed E-state index contributed by atoms with van der Waals surface area (Å²) >= 11 is 0. The summed E-state index contributed by atoms with van der Waals surface area (Å²) in [5.41, 5.74) is -0.509. The minimum absolute atomic E-state index is 0.0754. The van der Waals surface area contributed by atoms with Crippen LogP contribution < -0.4 is 5.32 Å². The third-order valence-corrected chi connectivity index (χ3v) is 6.22. The molecule has 4 unspecified atom stereocenters. The van der Waals surface area contributed by atoms with Crippen LogP contribution in [-0.4, -0.2) is 29.8 Å². The van der Waals surface area contributed by atoms with Crippen LogP contribution in [0.15, 0.2) is 24.3 Å². The fourth-order valence-electron chi connectivity index (χ4n) is 4.53. The molecule has 0 bridgehead atoms. The zero-order valence-electron chi connectivity index (χ0n) is 20.8. The number of hydrogen-bond donors (Lipinski definition) is 1. The van der Waals surface area contributed by atoms with Gasteiger partial charge in [0.1, 0.15) is 17.7 Å². The highest BCUT2D eigenvalue weighted by atomic mass is 19.4. The number of rotatable bonds is 6. The summed E-state index contributed by atoms with van der Waals surface area (Å²) in [5, 5.41) is 2.64. The van der Waals surface area contributed by atoms with E-state index in [-0.39, 0.29) is 17.9 Å². The standard InChI is InChI=1S/C26H38F3NO4/c1-6-7-10-21-17(2)33-23(31)22(30-24(32)34-25(3,4)5)11-8-9-19(21)16-18-12-14-20(15-13-18)26(27,28)29/h12-15,17,19,21-22H,6-11,16H2,1-5H3,(H,30,32). The predicted molar refractivity (Wildman–Crippen MR) is 124 cm³/mol. The number of benzene rings is 1. The monoisotopic (exact) mass is 485 g/mol. The number of carbonyl (C=O) groups is 2. The minimum Gasteiger partial charge on any atom is -0.461 e. The SMILES string of the molecule is CCCCC1C(Cc2ccc(C(F)(F)F)cc2)CCCC(NC(=O)OC(C)(C)C)C(=O)OC1C. The number of alkyl halides is 3. The van der Waals surface area contributed by atoms with E-state index in [1.807, 2.05) is 6.92 Å². The van der Waals surface area contributed by atoms with Crippen molar-refractivity contribution in [1.82, 2.24) is 5.32 Å². The fraction of sp³-hybridized carbons (Fsp3) is 0.692. The van der Waals surface area contributed by atoms with Crippen LogP contribution in [0.4, 0.5) is 18.0 Å². The molecule has 1 heterocycles. The van der Waals surface area contributed by atoms with E-state index in [4.69, 9.17) is 9.47 Å². The molecule has 2 rings (SSSR count). The van der Waals surface area contributed by atoms with Crippen molar-refractivity contribution in [1.29, 1.82) is 0 Å². The van der Waals surface area contributed by atoms with Crippen molar-refractivity contribution in [2.45, 2.75) is 103 Å². The molecule has 0 spiro atoms. The summed E-state index contributed by atoms with van der Waals surface area (Å²) in [5.74, 6) is -0.257. The number of unbranched alkanes of at least 4 members (excludes halogenated alkanes) is 1. The molecule has 0 saturated carbocycles. The molecule has 192 valence electrons. The number of hydrogen-bond acceptors (Lipinski definition) is 4. The number of amides is 1. The van der Waals surface area contributed by atoms with E-state index in [1.165, 1.54) is 12.1 Å². The number of esters is 1. The molecule has 4 atom stereocenters. The fourth-order valence-corrected chi connectivity index (χ4v) is 4.53. The van der Waals surface area contributed by atoms with E-state index >= 15 is 0 Å². The molecule has 1 fully saturated rings. The Kier molecular flexibility index (Phi) is 9.83. The van der Waals surface area contributed by atoms with Crippen LogP contribution in [0.25, 0.3) is 0 Å². The van der Waals surface area contributed by atoms with Gasteiger partial charge in [0.15, 0.2) is 0 Å². The number of ether oxygens (including phenoxy) is 2. The zero-order valence-corrected chi connectivity index (χ0v) is 20.8. The van der Waals surface area contributed by atoms with Gasteiger partial charge in [0, 0.05) is 0 Å². The largest absolute Gasteiger partial charge is 0.461 e. The van der Waals surface area contributed by atoms with Crippen LogP contribution in [0.1, 0.15) is 84.3 Å². The Labute approximate surface area is 200 Å². The molecule has 5 nitrogen and oxygen atoms in total. The summed E-state index contributed by atoms with van der Waals surface area (Å²) in [6.45, 7) is 9.21. The van der Waals surface area contributed by atoms with Crippen molar-refractivity contribution in [3.63, 3.8) is 0 Å². The first-order chi connectivity index (χ1) is 15.8. The summed E-state index contributed by atoms with van der Waals surface area (Å²) in [6.07, 6.45) is -0.0981. The summed E-state index contributed by atoms with van der Waals surface area (Å²) < 4.78 is 49.9. The minimum atomic E-state index is -4.36. The molecule has 0 aromatic heterocycles. The number of alkyl carbamates (subject to hydrolysis) is 1. The van der Waals surface area contributed by atoms with Gasteiger partial charge in [0.05, 0.1) is 5.56 Å². The molecule has 1 amide bonds. The molecule has 1 aliphatic rings. The molecular weight excluding hydrogens is 447 g/mol. The Morgan fingerprint density at radius 2 is 1.79 bits per heavy atom. The normalized spacial score (nSPS) is 24.4. The van der Waals surface area contributed by atoms with Crippen molar-refractivity contribution in [2.75, 3.05) is 0 Å². The molecule has 1 saturated heterocycles. The second-order valence-corrected chi connectivity index (χ2v) is 10.2. The second kappa shape index (κ2) is 11.9. The maximum Gasteiger partial charge on any atom is 0.416 e. The van der Waals surface area contributed by atoms with Crippen LogP contribution in [0.3, 0.4) is 0 Å². The van der Waals surface area contributed by atoms with Crippen LogP contribution in [0.5, 0.6) is 0 Å². The van der Waals surface area contributed by atoms with Crippen LogP contribution in [-0.2, 0) is 26.9 Å². The van der Waals surface area contributed by atoms with Crippen molar-refractivity contribution < 1.29 is 32.2 Å². The Bertz CT molecular complexity index is 802. The number of nitrogens with one attached hydrogen (secondary N) is 1. The first kappa shape index (κ1) is 28.0. The average molecular weight is 486 g/mol.